The maximum atomic E-state index is 2.42. The fraction of sp³-hybridized carbons (Fsp3) is 0.440. The number of benzene rings is 2. The van der Waals surface area contributed by atoms with Crippen LogP contribution in [-0.2, 0) is 13.1 Å². The van der Waals surface area contributed by atoms with Gasteiger partial charge in [0, 0.05) is 13.1 Å². The number of nitrogens with zero attached hydrogens (tertiary/aromatic N) is 1. The van der Waals surface area contributed by atoms with Gasteiger partial charge in [0.2, 0.25) is 0 Å². The summed E-state index contributed by atoms with van der Waals surface area (Å²) in [5, 5.41) is 0. The molecule has 0 radical (unpaired) electrons. The lowest BCUT2D eigenvalue weighted by Gasteiger charge is -2.21. The van der Waals surface area contributed by atoms with E-state index in [2.05, 4.69) is 84.8 Å². The molecule has 0 fully saturated rings. The molecular formula is C25H35N. The lowest BCUT2D eigenvalue weighted by Crippen LogP contribution is -2.16. The Kier molecular flexibility index (Phi) is 10.3. The molecule has 0 heterocycles. The van der Waals surface area contributed by atoms with E-state index in [0.717, 1.165) is 13.1 Å². The molecule has 1 heteroatoms. The molecule has 2 aromatic carbocycles. The van der Waals surface area contributed by atoms with Crippen molar-refractivity contribution in [2.24, 2.45) is 0 Å². The first-order valence-electron chi connectivity index (χ1n) is 10.4. The van der Waals surface area contributed by atoms with Crippen LogP contribution in [0.4, 0.5) is 0 Å². The summed E-state index contributed by atoms with van der Waals surface area (Å²) in [6.45, 7) is 4.20. The van der Waals surface area contributed by atoms with Gasteiger partial charge in [0.15, 0.2) is 0 Å². The summed E-state index contributed by atoms with van der Waals surface area (Å²) in [5.41, 5.74) is 2.73. The molecule has 0 amide bonds. The number of rotatable bonds is 13. The van der Waals surface area contributed by atoms with Crippen molar-refractivity contribution in [3.05, 3.63) is 84.1 Å². The van der Waals surface area contributed by atoms with Crippen LogP contribution in [0.25, 0.3) is 0 Å². The second-order valence-electron chi connectivity index (χ2n) is 7.17. The Labute approximate surface area is 160 Å². The maximum Gasteiger partial charge on any atom is 0.0427 e. The molecule has 0 bridgehead atoms. The molecule has 0 N–H and O–H groups in total. The number of hydrogen-bond donors (Lipinski definition) is 0. The molecule has 0 aliphatic rings. The molecule has 26 heavy (non-hydrogen) atoms. The quantitative estimate of drug-likeness (QED) is 0.342. The fourth-order valence-corrected chi connectivity index (χ4v) is 3.24. The Morgan fingerprint density at radius 1 is 0.654 bits per heavy atom. The Bertz CT molecular complexity index is 547. The zero-order chi connectivity index (χ0) is 18.3. The molecule has 0 aliphatic carbocycles. The highest BCUT2D eigenvalue weighted by atomic mass is 15.1. The van der Waals surface area contributed by atoms with E-state index in [0.29, 0.717) is 0 Å². The minimum atomic E-state index is 0.962. The monoisotopic (exact) mass is 349 g/mol. The average Bonchev–Trinajstić information content (AvgIpc) is 2.68. The second kappa shape index (κ2) is 13.2. The van der Waals surface area contributed by atoms with Gasteiger partial charge in [0.1, 0.15) is 0 Å². The molecule has 140 valence electrons. The summed E-state index contributed by atoms with van der Waals surface area (Å²) in [4.78, 5) is 2.42. The van der Waals surface area contributed by atoms with Gasteiger partial charge in [-0.3, -0.25) is 0 Å². The van der Waals surface area contributed by atoms with Gasteiger partial charge in [-0.05, 0) is 30.2 Å². The lowest BCUT2D eigenvalue weighted by atomic mass is 10.1. The van der Waals surface area contributed by atoms with Gasteiger partial charge in [-0.15, -0.1) is 0 Å². The van der Waals surface area contributed by atoms with E-state index in [1.807, 2.05) is 0 Å². The van der Waals surface area contributed by atoms with Crippen molar-refractivity contribution in [2.75, 3.05) is 0 Å². The summed E-state index contributed by atoms with van der Waals surface area (Å²) >= 11 is 0. The predicted molar refractivity (Wildman–Crippen MR) is 114 cm³/mol. The van der Waals surface area contributed by atoms with E-state index in [1.165, 1.54) is 62.5 Å². The highest BCUT2D eigenvalue weighted by Gasteiger charge is 2.02. The Balaban J connectivity index is 1.77. The van der Waals surface area contributed by atoms with Crippen molar-refractivity contribution in [3.8, 4) is 0 Å². The van der Waals surface area contributed by atoms with Crippen molar-refractivity contribution >= 4 is 0 Å². The van der Waals surface area contributed by atoms with Crippen LogP contribution in [0.2, 0.25) is 0 Å². The van der Waals surface area contributed by atoms with Crippen LogP contribution < -0.4 is 0 Å². The topological polar surface area (TPSA) is 3.24 Å². The molecule has 2 aromatic rings. The highest BCUT2D eigenvalue weighted by molar-refractivity contribution is 5.17. The summed E-state index contributed by atoms with van der Waals surface area (Å²) in [6.07, 6.45) is 15.5. The Hall–Kier alpha value is -2.02. The number of hydrogen-bond acceptors (Lipinski definition) is 1. The lowest BCUT2D eigenvalue weighted by molar-refractivity contribution is 0.360. The Morgan fingerprint density at radius 2 is 1.15 bits per heavy atom. The summed E-state index contributed by atoms with van der Waals surface area (Å²) in [7, 11) is 0. The van der Waals surface area contributed by atoms with E-state index in [4.69, 9.17) is 0 Å². The van der Waals surface area contributed by atoms with E-state index < -0.39 is 0 Å². The van der Waals surface area contributed by atoms with Crippen molar-refractivity contribution < 1.29 is 0 Å². The molecule has 0 saturated carbocycles. The van der Waals surface area contributed by atoms with Crippen molar-refractivity contribution in [1.29, 1.82) is 0 Å². The summed E-state index contributed by atoms with van der Waals surface area (Å²) in [6, 6.07) is 21.5. The molecule has 0 unspecified atom stereocenters. The zero-order valence-corrected chi connectivity index (χ0v) is 16.4. The van der Waals surface area contributed by atoms with Crippen molar-refractivity contribution in [2.45, 2.75) is 71.4 Å². The van der Waals surface area contributed by atoms with Gasteiger partial charge in [0.25, 0.3) is 0 Å². The van der Waals surface area contributed by atoms with Crippen molar-refractivity contribution in [1.82, 2.24) is 4.90 Å². The number of unbranched alkanes of at least 4 members (excludes halogenated alkanes) is 7. The van der Waals surface area contributed by atoms with Gasteiger partial charge in [-0.2, -0.15) is 0 Å². The molecule has 0 aromatic heterocycles. The van der Waals surface area contributed by atoms with Crippen LogP contribution in [0.3, 0.4) is 0 Å². The molecule has 2 rings (SSSR count). The fourth-order valence-electron chi connectivity index (χ4n) is 3.24. The van der Waals surface area contributed by atoms with Gasteiger partial charge < -0.3 is 4.90 Å². The van der Waals surface area contributed by atoms with Crippen molar-refractivity contribution in [3.63, 3.8) is 0 Å². The average molecular weight is 350 g/mol. The molecule has 0 atom stereocenters. The molecule has 0 spiro atoms. The van der Waals surface area contributed by atoms with E-state index in [1.54, 1.807) is 0 Å². The largest absolute Gasteiger partial charge is 0.369 e. The zero-order valence-electron chi connectivity index (χ0n) is 16.4. The minimum Gasteiger partial charge on any atom is -0.369 e. The smallest absolute Gasteiger partial charge is 0.0427 e. The first-order chi connectivity index (χ1) is 12.9. The van der Waals surface area contributed by atoms with Crippen LogP contribution in [-0.4, -0.2) is 4.90 Å². The van der Waals surface area contributed by atoms with Crippen LogP contribution >= 0.6 is 0 Å². The van der Waals surface area contributed by atoms with Crippen LogP contribution in [0.15, 0.2) is 72.9 Å². The third-order valence-electron chi connectivity index (χ3n) is 4.75. The standard InChI is InChI=1S/C25H35N/c1-2-3-4-5-6-7-8-9-16-21-26(22-24-17-12-10-13-18-24)23-25-19-14-11-15-20-25/h10-21H,2-9,22-23H2,1H3/b21-16-. The van der Waals surface area contributed by atoms with E-state index in [-0.39, 0.29) is 0 Å². The minimum absolute atomic E-state index is 0.962. The highest BCUT2D eigenvalue weighted by Crippen LogP contribution is 2.12. The van der Waals surface area contributed by atoms with E-state index in [9.17, 15) is 0 Å². The van der Waals surface area contributed by atoms with Gasteiger partial charge in [-0.1, -0.05) is 112 Å². The Morgan fingerprint density at radius 3 is 1.69 bits per heavy atom. The van der Waals surface area contributed by atoms with E-state index >= 15 is 0 Å². The SMILES string of the molecule is CCCCCCCCC/C=C\N(Cc1ccccc1)Cc1ccccc1. The number of allylic oxidation sites excluding steroid dienone is 1. The van der Waals surface area contributed by atoms with Crippen LogP contribution in [0.5, 0.6) is 0 Å². The second-order valence-corrected chi connectivity index (χ2v) is 7.17. The predicted octanol–water partition coefficient (Wildman–Crippen LogP) is 7.34. The molecular weight excluding hydrogens is 314 g/mol. The molecule has 1 nitrogen and oxygen atoms in total. The third-order valence-corrected chi connectivity index (χ3v) is 4.75. The third kappa shape index (κ3) is 8.89. The summed E-state index contributed by atoms with van der Waals surface area (Å²) < 4.78 is 0. The first kappa shape index (κ1) is 20.3. The summed E-state index contributed by atoms with van der Waals surface area (Å²) in [5.74, 6) is 0. The van der Waals surface area contributed by atoms with Crippen LogP contribution in [0.1, 0.15) is 69.4 Å². The molecule has 0 aliphatic heterocycles. The normalized spacial score (nSPS) is 11.1. The van der Waals surface area contributed by atoms with Gasteiger partial charge >= 0.3 is 0 Å². The van der Waals surface area contributed by atoms with Crippen LogP contribution in [0, 0.1) is 0 Å². The molecule has 0 saturated heterocycles. The first-order valence-corrected chi connectivity index (χ1v) is 10.4. The van der Waals surface area contributed by atoms with Gasteiger partial charge in [-0.25, -0.2) is 0 Å². The van der Waals surface area contributed by atoms with Gasteiger partial charge in [0.05, 0.1) is 0 Å². The maximum absolute atomic E-state index is 2.42.